The van der Waals surface area contributed by atoms with Crippen molar-refractivity contribution in [3.05, 3.63) is 70.4 Å². The number of imidazole rings is 1. The summed E-state index contributed by atoms with van der Waals surface area (Å²) in [5.41, 5.74) is 3.40. The van der Waals surface area contributed by atoms with Gasteiger partial charge in [-0.2, -0.15) is 19.5 Å². The lowest BCUT2D eigenvalue weighted by Gasteiger charge is -1.98. The minimum Gasteiger partial charge on any atom is -0.216 e. The molecule has 0 saturated carbocycles. The fourth-order valence-electron chi connectivity index (χ4n) is 2.67. The second kappa shape index (κ2) is 6.56. The zero-order valence-electron chi connectivity index (χ0n) is 13.6. The molecule has 0 N–H and O–H groups in total. The van der Waals surface area contributed by atoms with Crippen LogP contribution in [-0.2, 0) is 0 Å². The number of halogens is 2. The van der Waals surface area contributed by atoms with Crippen LogP contribution in [0.1, 0.15) is 0 Å². The van der Waals surface area contributed by atoms with Gasteiger partial charge in [-0.1, -0.05) is 53.3 Å². The van der Waals surface area contributed by atoms with Crippen molar-refractivity contribution in [3.8, 4) is 27.6 Å². The van der Waals surface area contributed by atoms with Crippen LogP contribution in [-0.4, -0.2) is 29.6 Å². The number of hydrogen-bond donors (Lipinski definition) is 0. The number of benzene rings is 2. The molecule has 9 heteroatoms. The average molecular weight is 458 g/mol. The van der Waals surface area contributed by atoms with E-state index in [1.807, 2.05) is 54.6 Å². The highest BCUT2D eigenvalue weighted by Crippen LogP contribution is 2.33. The summed E-state index contributed by atoms with van der Waals surface area (Å²) in [6.45, 7) is 0. The van der Waals surface area contributed by atoms with Crippen molar-refractivity contribution in [2.75, 3.05) is 0 Å². The van der Waals surface area contributed by atoms with Crippen LogP contribution in [0.4, 0.5) is 0 Å². The summed E-state index contributed by atoms with van der Waals surface area (Å²) in [4.78, 5) is 7.06. The van der Waals surface area contributed by atoms with Crippen LogP contribution in [0.25, 0.3) is 32.6 Å². The Bertz CT molecular complexity index is 1240. The summed E-state index contributed by atoms with van der Waals surface area (Å²) in [5, 5.41) is 14.9. The molecule has 0 amide bonds. The molecule has 6 nitrogen and oxygen atoms in total. The van der Waals surface area contributed by atoms with E-state index in [-0.39, 0.29) is 0 Å². The molecule has 0 bridgehead atoms. The largest absolute Gasteiger partial charge is 0.216 e. The van der Waals surface area contributed by atoms with Crippen LogP contribution in [0.15, 0.2) is 65.4 Å². The third kappa shape index (κ3) is 2.95. The van der Waals surface area contributed by atoms with Crippen molar-refractivity contribution in [1.82, 2.24) is 29.6 Å². The molecular weight excluding hydrogens is 448 g/mol. The summed E-state index contributed by atoms with van der Waals surface area (Å²) in [5.74, 6) is 0. The van der Waals surface area contributed by atoms with E-state index in [9.17, 15) is 0 Å². The van der Waals surface area contributed by atoms with E-state index < -0.39 is 0 Å². The Morgan fingerprint density at radius 1 is 0.963 bits per heavy atom. The fraction of sp³-hybridized carbons (Fsp3) is 0. The van der Waals surface area contributed by atoms with E-state index in [1.165, 1.54) is 11.3 Å². The molecule has 2 aromatic carbocycles. The quantitative estimate of drug-likeness (QED) is 0.377. The second-order valence-corrected chi connectivity index (χ2v) is 7.86. The number of aromatic nitrogens is 6. The number of hydrogen-bond acceptors (Lipinski definition) is 5. The van der Waals surface area contributed by atoms with Gasteiger partial charge in [0.2, 0.25) is 4.96 Å². The molecule has 0 atom stereocenters. The first-order chi connectivity index (χ1) is 13.2. The SMILES string of the molecule is Clc1ccc(-c2nc3sc(-c4cnn(-c5ccccc5)n4)nn3c2Br)cc1. The van der Waals surface area contributed by atoms with Crippen LogP contribution in [0.5, 0.6) is 0 Å². The van der Waals surface area contributed by atoms with Crippen molar-refractivity contribution in [3.63, 3.8) is 0 Å². The van der Waals surface area contributed by atoms with Crippen molar-refractivity contribution in [1.29, 1.82) is 0 Å². The van der Waals surface area contributed by atoms with Crippen molar-refractivity contribution < 1.29 is 0 Å². The molecule has 0 spiro atoms. The van der Waals surface area contributed by atoms with Gasteiger partial charge in [-0.05, 0) is 40.2 Å². The highest BCUT2D eigenvalue weighted by atomic mass is 79.9. The first kappa shape index (κ1) is 16.6. The summed E-state index contributed by atoms with van der Waals surface area (Å²) in [7, 11) is 0. The molecule has 0 aliphatic rings. The standard InChI is InChI=1S/C18H10BrClN6S/c19-16-15(11-6-8-12(20)9-7-11)22-18-25(16)24-17(27-18)14-10-21-26(23-14)13-4-2-1-3-5-13/h1-10H. The minimum absolute atomic E-state index is 0.692. The maximum Gasteiger partial charge on any atom is 0.214 e. The Hall–Kier alpha value is -2.55. The number of para-hydroxylation sites is 1. The molecule has 0 aliphatic heterocycles. The lowest BCUT2D eigenvalue weighted by atomic mass is 10.2. The molecule has 0 saturated heterocycles. The van der Waals surface area contributed by atoms with Gasteiger partial charge in [-0.15, -0.1) is 5.10 Å². The summed E-state index contributed by atoms with van der Waals surface area (Å²) >= 11 is 11.0. The van der Waals surface area contributed by atoms with Gasteiger partial charge in [0.1, 0.15) is 16.0 Å². The maximum absolute atomic E-state index is 5.97. The predicted octanol–water partition coefficient (Wildman–Crippen LogP) is 5.12. The van der Waals surface area contributed by atoms with Crippen LogP contribution in [0.3, 0.4) is 0 Å². The third-order valence-electron chi connectivity index (χ3n) is 3.96. The van der Waals surface area contributed by atoms with Gasteiger partial charge in [0, 0.05) is 10.6 Å². The lowest BCUT2D eigenvalue weighted by molar-refractivity contribution is 0.753. The highest BCUT2D eigenvalue weighted by molar-refractivity contribution is 9.10. The van der Waals surface area contributed by atoms with E-state index in [1.54, 1.807) is 15.5 Å². The second-order valence-electron chi connectivity index (χ2n) is 5.71. The van der Waals surface area contributed by atoms with Gasteiger partial charge >= 0.3 is 0 Å². The van der Waals surface area contributed by atoms with Crippen LogP contribution in [0, 0.1) is 0 Å². The number of rotatable bonds is 3. The molecule has 5 aromatic rings. The Morgan fingerprint density at radius 3 is 2.48 bits per heavy atom. The van der Waals surface area contributed by atoms with Crippen molar-refractivity contribution in [2.45, 2.75) is 0 Å². The molecule has 0 radical (unpaired) electrons. The molecule has 0 aliphatic carbocycles. The van der Waals surface area contributed by atoms with E-state index in [0.717, 1.165) is 31.5 Å². The Balaban J connectivity index is 1.53. The monoisotopic (exact) mass is 456 g/mol. The lowest BCUT2D eigenvalue weighted by Crippen LogP contribution is -1.97. The normalized spacial score (nSPS) is 11.3. The van der Waals surface area contributed by atoms with Gasteiger partial charge < -0.3 is 0 Å². The Kier molecular flexibility index (Phi) is 4.04. The van der Waals surface area contributed by atoms with Gasteiger partial charge in [0.05, 0.1) is 11.9 Å². The first-order valence-electron chi connectivity index (χ1n) is 7.98. The van der Waals surface area contributed by atoms with E-state index in [0.29, 0.717) is 10.7 Å². The van der Waals surface area contributed by atoms with Gasteiger partial charge in [-0.25, -0.2) is 4.98 Å². The van der Waals surface area contributed by atoms with Gasteiger partial charge in [0.25, 0.3) is 0 Å². The molecule has 3 heterocycles. The summed E-state index contributed by atoms with van der Waals surface area (Å²) in [6.07, 6.45) is 1.71. The number of fused-ring (bicyclic) bond motifs is 1. The first-order valence-corrected chi connectivity index (χ1v) is 9.97. The van der Waals surface area contributed by atoms with Crippen LogP contribution >= 0.6 is 38.9 Å². The van der Waals surface area contributed by atoms with Gasteiger partial charge in [-0.3, -0.25) is 0 Å². The predicted molar refractivity (Wildman–Crippen MR) is 109 cm³/mol. The van der Waals surface area contributed by atoms with E-state index in [2.05, 4.69) is 31.2 Å². The topological polar surface area (TPSA) is 60.9 Å². The average Bonchev–Trinajstić information content (AvgIpc) is 3.40. The molecule has 132 valence electrons. The smallest absolute Gasteiger partial charge is 0.214 e. The van der Waals surface area contributed by atoms with E-state index in [4.69, 9.17) is 16.6 Å². The Labute approximate surface area is 171 Å². The molecule has 27 heavy (non-hydrogen) atoms. The third-order valence-corrected chi connectivity index (χ3v) is 5.86. The van der Waals surface area contributed by atoms with Crippen LogP contribution in [0.2, 0.25) is 5.02 Å². The molecule has 0 unspecified atom stereocenters. The van der Waals surface area contributed by atoms with Gasteiger partial charge in [0.15, 0.2) is 5.01 Å². The molecule has 3 aromatic heterocycles. The van der Waals surface area contributed by atoms with Crippen LogP contribution < -0.4 is 0 Å². The molecular formula is C18H10BrClN6S. The maximum atomic E-state index is 5.97. The highest BCUT2D eigenvalue weighted by Gasteiger charge is 2.18. The summed E-state index contributed by atoms with van der Waals surface area (Å²) in [6, 6.07) is 17.3. The summed E-state index contributed by atoms with van der Waals surface area (Å²) < 4.78 is 2.56. The Morgan fingerprint density at radius 2 is 1.74 bits per heavy atom. The zero-order chi connectivity index (χ0) is 18.4. The zero-order valence-corrected chi connectivity index (χ0v) is 16.8. The molecule has 0 fully saturated rings. The molecule has 5 rings (SSSR count). The fourth-order valence-corrected chi connectivity index (χ4v) is 4.32. The van der Waals surface area contributed by atoms with E-state index >= 15 is 0 Å². The van der Waals surface area contributed by atoms with Crippen molar-refractivity contribution >= 4 is 43.8 Å². The number of nitrogens with zero attached hydrogens (tertiary/aromatic N) is 6. The minimum atomic E-state index is 0.692. The van der Waals surface area contributed by atoms with Crippen molar-refractivity contribution in [2.24, 2.45) is 0 Å².